The number of nitrogens with one attached hydrogen (secondary N) is 1. The molecule has 1 heterocycles. The highest BCUT2D eigenvalue weighted by Crippen LogP contribution is 2.35. The van der Waals surface area contributed by atoms with E-state index in [0.29, 0.717) is 23.6 Å². The Labute approximate surface area is 124 Å². The zero-order valence-corrected chi connectivity index (χ0v) is 12.4. The molecule has 0 radical (unpaired) electrons. The van der Waals surface area contributed by atoms with Crippen molar-refractivity contribution in [1.29, 1.82) is 0 Å². The standard InChI is InChI=1S/C17H22N2O2/c1-17(7-3-2-4-8-17)11-19-16(20)15-10-12-9-13(18)5-6-14(12)21-15/h5-6,9-10H,2-4,7-8,11,18H2,1H3,(H,19,20). The SMILES string of the molecule is CC1(CNC(=O)c2cc3cc(N)ccc3o2)CCCCC1. The number of rotatable bonds is 3. The van der Waals surface area contributed by atoms with Crippen LogP contribution >= 0.6 is 0 Å². The number of amides is 1. The third-order valence-electron chi connectivity index (χ3n) is 4.50. The van der Waals surface area contributed by atoms with Gasteiger partial charge in [0.1, 0.15) is 5.58 Å². The molecule has 0 bridgehead atoms. The Bertz CT molecular complexity index is 654. The molecule has 3 rings (SSSR count). The van der Waals surface area contributed by atoms with E-state index in [1.165, 1.54) is 32.1 Å². The van der Waals surface area contributed by atoms with Crippen LogP contribution in [0.15, 0.2) is 28.7 Å². The fraction of sp³-hybridized carbons (Fsp3) is 0.471. The second-order valence-electron chi connectivity index (χ2n) is 6.46. The minimum atomic E-state index is -0.142. The van der Waals surface area contributed by atoms with Gasteiger partial charge < -0.3 is 15.5 Å². The topological polar surface area (TPSA) is 68.3 Å². The lowest BCUT2D eigenvalue weighted by molar-refractivity contribution is 0.0893. The van der Waals surface area contributed by atoms with Gasteiger partial charge in [-0.15, -0.1) is 0 Å². The molecular weight excluding hydrogens is 264 g/mol. The van der Waals surface area contributed by atoms with Gasteiger partial charge >= 0.3 is 0 Å². The zero-order valence-electron chi connectivity index (χ0n) is 12.4. The van der Waals surface area contributed by atoms with E-state index < -0.39 is 0 Å². The molecule has 2 aromatic rings. The molecule has 1 aromatic carbocycles. The number of anilines is 1. The fourth-order valence-corrected chi connectivity index (χ4v) is 3.14. The van der Waals surface area contributed by atoms with Crippen molar-refractivity contribution in [2.75, 3.05) is 12.3 Å². The average molecular weight is 286 g/mol. The van der Waals surface area contributed by atoms with Gasteiger partial charge in [0.15, 0.2) is 5.76 Å². The summed E-state index contributed by atoms with van der Waals surface area (Å²) < 4.78 is 5.59. The van der Waals surface area contributed by atoms with Crippen molar-refractivity contribution in [3.8, 4) is 0 Å². The summed E-state index contributed by atoms with van der Waals surface area (Å²) in [7, 11) is 0. The summed E-state index contributed by atoms with van der Waals surface area (Å²) in [5, 5.41) is 3.89. The van der Waals surface area contributed by atoms with E-state index in [1.807, 2.05) is 6.07 Å². The average Bonchev–Trinajstić information content (AvgIpc) is 2.88. The number of nitrogens with two attached hydrogens (primary N) is 1. The van der Waals surface area contributed by atoms with Crippen LogP contribution in [-0.4, -0.2) is 12.5 Å². The van der Waals surface area contributed by atoms with Gasteiger partial charge in [0, 0.05) is 17.6 Å². The molecular formula is C17H22N2O2. The summed E-state index contributed by atoms with van der Waals surface area (Å²) in [6.07, 6.45) is 6.20. The lowest BCUT2D eigenvalue weighted by Gasteiger charge is -2.33. The Balaban J connectivity index is 1.69. The molecule has 112 valence electrons. The third kappa shape index (κ3) is 3.04. The van der Waals surface area contributed by atoms with Crippen LogP contribution in [0.2, 0.25) is 0 Å². The quantitative estimate of drug-likeness (QED) is 0.845. The first-order valence-corrected chi connectivity index (χ1v) is 7.63. The number of hydrogen-bond acceptors (Lipinski definition) is 3. The first-order chi connectivity index (χ1) is 10.1. The molecule has 1 aliphatic carbocycles. The molecule has 0 saturated heterocycles. The molecule has 0 unspecified atom stereocenters. The van der Waals surface area contributed by atoms with Gasteiger partial charge in [-0.1, -0.05) is 26.2 Å². The minimum Gasteiger partial charge on any atom is -0.451 e. The maximum absolute atomic E-state index is 12.2. The van der Waals surface area contributed by atoms with E-state index in [1.54, 1.807) is 18.2 Å². The lowest BCUT2D eigenvalue weighted by atomic mass is 9.76. The Morgan fingerprint density at radius 3 is 2.81 bits per heavy atom. The number of hydrogen-bond donors (Lipinski definition) is 2. The molecule has 1 amide bonds. The normalized spacial score (nSPS) is 17.8. The molecule has 1 aromatic heterocycles. The summed E-state index contributed by atoms with van der Waals surface area (Å²) >= 11 is 0. The van der Waals surface area contributed by atoms with Crippen molar-refractivity contribution in [1.82, 2.24) is 5.32 Å². The van der Waals surface area contributed by atoms with Crippen LogP contribution in [0.25, 0.3) is 11.0 Å². The first-order valence-electron chi connectivity index (χ1n) is 7.63. The van der Waals surface area contributed by atoms with Gasteiger partial charge in [0.05, 0.1) is 0 Å². The summed E-state index contributed by atoms with van der Waals surface area (Å²) in [6, 6.07) is 7.14. The summed E-state index contributed by atoms with van der Waals surface area (Å²) in [6.45, 7) is 2.97. The van der Waals surface area contributed by atoms with Crippen LogP contribution in [-0.2, 0) is 0 Å². The molecule has 4 nitrogen and oxygen atoms in total. The van der Waals surface area contributed by atoms with Crippen LogP contribution in [0.1, 0.15) is 49.6 Å². The molecule has 0 spiro atoms. The Kier molecular flexibility index (Phi) is 3.62. The number of benzene rings is 1. The van der Waals surface area contributed by atoms with E-state index >= 15 is 0 Å². The largest absolute Gasteiger partial charge is 0.451 e. The third-order valence-corrected chi connectivity index (χ3v) is 4.50. The van der Waals surface area contributed by atoms with Gasteiger partial charge in [-0.2, -0.15) is 0 Å². The van der Waals surface area contributed by atoms with E-state index in [9.17, 15) is 4.79 Å². The smallest absolute Gasteiger partial charge is 0.287 e. The molecule has 1 aliphatic rings. The maximum atomic E-state index is 12.2. The van der Waals surface area contributed by atoms with Crippen LogP contribution < -0.4 is 11.1 Å². The minimum absolute atomic E-state index is 0.142. The monoisotopic (exact) mass is 286 g/mol. The molecule has 1 fully saturated rings. The van der Waals surface area contributed by atoms with E-state index in [0.717, 1.165) is 5.39 Å². The van der Waals surface area contributed by atoms with Crippen molar-refractivity contribution in [2.45, 2.75) is 39.0 Å². The summed E-state index contributed by atoms with van der Waals surface area (Å²) in [4.78, 5) is 12.2. The van der Waals surface area contributed by atoms with Crippen LogP contribution in [0, 0.1) is 5.41 Å². The molecule has 0 aliphatic heterocycles. The van der Waals surface area contributed by atoms with Gasteiger partial charge in [-0.25, -0.2) is 0 Å². The van der Waals surface area contributed by atoms with Gasteiger partial charge in [0.2, 0.25) is 0 Å². The fourth-order valence-electron chi connectivity index (χ4n) is 3.14. The predicted molar refractivity (Wildman–Crippen MR) is 84.2 cm³/mol. The highest BCUT2D eigenvalue weighted by Gasteiger charge is 2.27. The number of carbonyl (C=O) groups is 1. The lowest BCUT2D eigenvalue weighted by Crippen LogP contribution is -2.36. The Morgan fingerprint density at radius 1 is 1.29 bits per heavy atom. The van der Waals surface area contributed by atoms with E-state index in [4.69, 9.17) is 10.2 Å². The highest BCUT2D eigenvalue weighted by molar-refractivity contribution is 5.96. The Hall–Kier alpha value is -1.97. The molecule has 21 heavy (non-hydrogen) atoms. The first kappa shape index (κ1) is 14.0. The van der Waals surface area contributed by atoms with Crippen molar-refractivity contribution < 1.29 is 9.21 Å². The van der Waals surface area contributed by atoms with Crippen molar-refractivity contribution in [2.24, 2.45) is 5.41 Å². The molecule has 3 N–H and O–H groups in total. The molecule has 1 saturated carbocycles. The highest BCUT2D eigenvalue weighted by atomic mass is 16.3. The van der Waals surface area contributed by atoms with Gasteiger partial charge in [-0.05, 0) is 42.5 Å². The number of nitrogen functional groups attached to an aromatic ring is 1. The van der Waals surface area contributed by atoms with Gasteiger partial charge in [-0.3, -0.25) is 4.79 Å². The van der Waals surface area contributed by atoms with E-state index in [2.05, 4.69) is 12.2 Å². The Morgan fingerprint density at radius 2 is 2.05 bits per heavy atom. The molecule has 4 heteroatoms. The van der Waals surface area contributed by atoms with Crippen LogP contribution in [0.3, 0.4) is 0 Å². The van der Waals surface area contributed by atoms with E-state index in [-0.39, 0.29) is 11.3 Å². The summed E-state index contributed by atoms with van der Waals surface area (Å²) in [5.74, 6) is 0.214. The van der Waals surface area contributed by atoms with Crippen LogP contribution in [0.4, 0.5) is 5.69 Å². The summed E-state index contributed by atoms with van der Waals surface area (Å²) in [5.41, 5.74) is 7.33. The maximum Gasteiger partial charge on any atom is 0.287 e. The second-order valence-corrected chi connectivity index (χ2v) is 6.46. The predicted octanol–water partition coefficient (Wildman–Crippen LogP) is 3.72. The second kappa shape index (κ2) is 5.43. The van der Waals surface area contributed by atoms with Crippen LogP contribution in [0.5, 0.6) is 0 Å². The van der Waals surface area contributed by atoms with Crippen molar-refractivity contribution >= 4 is 22.6 Å². The van der Waals surface area contributed by atoms with Crippen molar-refractivity contribution in [3.05, 3.63) is 30.0 Å². The zero-order chi connectivity index (χ0) is 14.9. The number of carbonyl (C=O) groups excluding carboxylic acids is 1. The van der Waals surface area contributed by atoms with Crippen molar-refractivity contribution in [3.63, 3.8) is 0 Å². The number of furan rings is 1. The molecule has 0 atom stereocenters. The number of fused-ring (bicyclic) bond motifs is 1. The van der Waals surface area contributed by atoms with Gasteiger partial charge in [0.25, 0.3) is 5.91 Å².